The maximum atomic E-state index is 4.25. The van der Waals surface area contributed by atoms with Crippen LogP contribution < -0.4 is 0 Å². The lowest BCUT2D eigenvalue weighted by Crippen LogP contribution is -2.10. The number of benzene rings is 7. The molecule has 1 heteroatoms. The summed E-state index contributed by atoms with van der Waals surface area (Å²) in [7, 11) is 0. The highest BCUT2D eigenvalue weighted by atomic mass is 15.0. The lowest BCUT2D eigenvalue weighted by molar-refractivity contribution is 0.634. The molecule has 0 spiro atoms. The molecule has 1 nitrogen and oxygen atoms in total. The van der Waals surface area contributed by atoms with Gasteiger partial charge in [-0.2, -0.15) is 0 Å². The fraction of sp³-hybridized carbons (Fsp3) is 0.125. The van der Waals surface area contributed by atoms with Gasteiger partial charge in [0.15, 0.2) is 0 Å². The normalized spacial score (nSPS) is 15.6. The van der Waals surface area contributed by atoms with Gasteiger partial charge in [0.05, 0.1) is 11.2 Å². The van der Waals surface area contributed by atoms with Gasteiger partial charge in [0, 0.05) is 22.6 Å². The van der Waals surface area contributed by atoms with Crippen molar-refractivity contribution in [2.45, 2.75) is 46.5 Å². The van der Waals surface area contributed by atoms with Crippen LogP contribution in [0.15, 0.2) is 219 Å². The van der Waals surface area contributed by atoms with Gasteiger partial charge in [-0.05, 0) is 149 Å². The van der Waals surface area contributed by atoms with Gasteiger partial charge in [-0.25, -0.2) is 0 Å². The first-order valence-corrected chi connectivity index (χ1v) is 23.1. The Labute approximate surface area is 386 Å². The number of hydrogen-bond donors (Lipinski definition) is 0. The number of fused-ring (bicyclic) bond motifs is 1. The number of aromatic nitrogens is 1. The molecule has 0 aliphatic heterocycles. The van der Waals surface area contributed by atoms with Gasteiger partial charge in [-0.15, -0.1) is 0 Å². The minimum atomic E-state index is 0.354. The maximum Gasteiger partial charge on any atom is 0.0541 e. The van der Waals surface area contributed by atoms with Crippen LogP contribution >= 0.6 is 0 Å². The molecule has 0 N–H and O–H groups in total. The number of aryl methyl sites for hydroxylation is 2. The molecule has 1 aromatic heterocycles. The Bertz CT molecular complexity index is 3120. The highest BCUT2D eigenvalue weighted by Crippen LogP contribution is 2.39. The van der Waals surface area contributed by atoms with E-state index in [-0.39, 0.29) is 0 Å². The largest absolute Gasteiger partial charge is 0.309 e. The van der Waals surface area contributed by atoms with E-state index >= 15 is 0 Å². The van der Waals surface area contributed by atoms with Crippen molar-refractivity contribution >= 4 is 34.2 Å². The van der Waals surface area contributed by atoms with Crippen LogP contribution in [-0.2, 0) is 0 Å². The average Bonchev–Trinajstić information content (AvgIpc) is 3.68. The maximum absolute atomic E-state index is 4.25. The van der Waals surface area contributed by atoms with Crippen LogP contribution in [0.1, 0.15) is 71.7 Å². The van der Waals surface area contributed by atoms with Crippen molar-refractivity contribution in [3.63, 3.8) is 0 Å². The zero-order valence-electron chi connectivity index (χ0n) is 38.1. The lowest BCUT2D eigenvalue weighted by atomic mass is 9.79. The molecule has 10 rings (SSSR count). The molecule has 8 aromatic rings. The summed E-state index contributed by atoms with van der Waals surface area (Å²) in [5.41, 5.74) is 21.2. The van der Waals surface area contributed by atoms with E-state index in [1.54, 1.807) is 0 Å². The standard InChI is InChI=1S/C45H39N.C19H18/c1-5-13-41-43-30-38(37-21-20-32(4)42(29-37)40-19-11-10-14-31(40)3)24-27-45(43)46(44(41)6-2)39-25-22-34(23-26-39)36-18-12-17-35(28-36)33-15-8-7-9-16-33;1-15-10-12-17(13-11-15)19-9-5-8-18(14-19)16-6-3-2-4-7-16/h5-30,32,42H,2H2,1,3-4H3;3,5-14H,2,4H2,1H3/b13-5-;. The molecule has 2 unspecified atom stereocenters. The predicted octanol–water partition coefficient (Wildman–Crippen LogP) is 17.7. The van der Waals surface area contributed by atoms with Gasteiger partial charge in [-0.1, -0.05) is 201 Å². The van der Waals surface area contributed by atoms with E-state index in [9.17, 15) is 0 Å². The summed E-state index contributed by atoms with van der Waals surface area (Å²) >= 11 is 0. The average molecular weight is 840 g/mol. The van der Waals surface area contributed by atoms with Crippen LogP contribution in [0.5, 0.6) is 0 Å². The van der Waals surface area contributed by atoms with Crippen molar-refractivity contribution in [2.24, 2.45) is 5.92 Å². The summed E-state index contributed by atoms with van der Waals surface area (Å²) in [5, 5.41) is 1.23. The topological polar surface area (TPSA) is 4.93 Å². The molecule has 7 aromatic carbocycles. The van der Waals surface area contributed by atoms with Crippen molar-refractivity contribution in [2.75, 3.05) is 0 Å². The molecule has 0 radical (unpaired) electrons. The van der Waals surface area contributed by atoms with Crippen LogP contribution in [0.4, 0.5) is 0 Å². The predicted molar refractivity (Wildman–Crippen MR) is 282 cm³/mol. The second-order valence-corrected chi connectivity index (χ2v) is 17.4. The van der Waals surface area contributed by atoms with Crippen LogP contribution in [-0.4, -0.2) is 4.57 Å². The van der Waals surface area contributed by atoms with Crippen molar-refractivity contribution in [3.05, 3.63) is 258 Å². The zero-order valence-corrected chi connectivity index (χ0v) is 38.1. The van der Waals surface area contributed by atoms with Gasteiger partial charge in [0.25, 0.3) is 0 Å². The fourth-order valence-electron chi connectivity index (χ4n) is 9.40. The van der Waals surface area contributed by atoms with Crippen molar-refractivity contribution in [1.29, 1.82) is 0 Å². The van der Waals surface area contributed by atoms with E-state index in [1.165, 1.54) is 95.2 Å². The van der Waals surface area contributed by atoms with Crippen LogP contribution in [0, 0.1) is 19.8 Å². The molecular formula is C64H57N. The summed E-state index contributed by atoms with van der Waals surface area (Å²) in [6, 6.07) is 61.5. The van der Waals surface area contributed by atoms with E-state index in [0.29, 0.717) is 11.8 Å². The van der Waals surface area contributed by atoms with Crippen molar-refractivity contribution in [1.82, 2.24) is 4.57 Å². The van der Waals surface area contributed by atoms with Gasteiger partial charge in [-0.3, -0.25) is 0 Å². The molecule has 1 heterocycles. The number of rotatable bonds is 9. The molecule has 2 aliphatic carbocycles. The van der Waals surface area contributed by atoms with E-state index in [1.807, 2.05) is 6.08 Å². The minimum absolute atomic E-state index is 0.354. The minimum Gasteiger partial charge on any atom is -0.309 e. The summed E-state index contributed by atoms with van der Waals surface area (Å²) in [5.74, 6) is 0.802. The van der Waals surface area contributed by atoms with E-state index in [2.05, 4.69) is 257 Å². The van der Waals surface area contributed by atoms with Crippen LogP contribution in [0.3, 0.4) is 0 Å². The molecule has 0 saturated heterocycles. The summed E-state index contributed by atoms with van der Waals surface area (Å²) < 4.78 is 2.34. The number of allylic oxidation sites excluding steroid dienone is 9. The molecule has 318 valence electrons. The summed E-state index contributed by atoms with van der Waals surface area (Å²) in [6.07, 6.45) is 22.6. The smallest absolute Gasteiger partial charge is 0.0541 e. The number of hydrogen-bond acceptors (Lipinski definition) is 0. The Balaban J connectivity index is 0.000000233. The lowest BCUT2D eigenvalue weighted by Gasteiger charge is -2.25. The second-order valence-electron chi connectivity index (χ2n) is 17.4. The third-order valence-electron chi connectivity index (χ3n) is 13.0. The van der Waals surface area contributed by atoms with Crippen LogP contribution in [0.2, 0.25) is 0 Å². The molecule has 65 heavy (non-hydrogen) atoms. The monoisotopic (exact) mass is 839 g/mol. The first-order chi connectivity index (χ1) is 31.9. The van der Waals surface area contributed by atoms with E-state index < -0.39 is 0 Å². The fourth-order valence-corrected chi connectivity index (χ4v) is 9.40. The molecule has 0 fully saturated rings. The highest BCUT2D eigenvalue weighted by Gasteiger charge is 2.22. The van der Waals surface area contributed by atoms with Gasteiger partial charge in [0.2, 0.25) is 0 Å². The SMILES string of the molecule is C=Cc1c(/C=C\C)c2cc(C3=CC(c4ccccc4C)C(C)C=C3)ccc2n1-c1ccc(-c2cccc(-c3ccccc3)c2)cc1.Cc1ccc(-c2cccc(C3=CCCC=C3)c2)cc1. The Morgan fingerprint density at radius 1 is 0.569 bits per heavy atom. The molecule has 0 bridgehead atoms. The first kappa shape index (κ1) is 42.8. The Morgan fingerprint density at radius 2 is 1.17 bits per heavy atom. The Hall–Kier alpha value is -7.48. The summed E-state index contributed by atoms with van der Waals surface area (Å²) in [6.45, 7) is 13.0. The zero-order chi connectivity index (χ0) is 44.7. The summed E-state index contributed by atoms with van der Waals surface area (Å²) in [4.78, 5) is 0. The number of nitrogens with zero attached hydrogens (tertiary/aromatic N) is 1. The van der Waals surface area contributed by atoms with Gasteiger partial charge >= 0.3 is 0 Å². The van der Waals surface area contributed by atoms with Crippen LogP contribution in [0.25, 0.3) is 73.3 Å². The van der Waals surface area contributed by atoms with Gasteiger partial charge in [0.1, 0.15) is 0 Å². The second kappa shape index (κ2) is 19.5. The third-order valence-corrected chi connectivity index (χ3v) is 13.0. The third kappa shape index (κ3) is 9.28. The van der Waals surface area contributed by atoms with Crippen molar-refractivity contribution < 1.29 is 0 Å². The first-order valence-electron chi connectivity index (χ1n) is 23.1. The quantitative estimate of drug-likeness (QED) is 0.136. The Morgan fingerprint density at radius 3 is 1.83 bits per heavy atom. The molecule has 2 aliphatic rings. The van der Waals surface area contributed by atoms with Crippen molar-refractivity contribution in [3.8, 4) is 39.1 Å². The molecule has 0 amide bonds. The highest BCUT2D eigenvalue weighted by molar-refractivity contribution is 5.98. The van der Waals surface area contributed by atoms with E-state index in [0.717, 1.165) is 17.8 Å². The molecule has 2 atom stereocenters. The van der Waals surface area contributed by atoms with Gasteiger partial charge < -0.3 is 4.57 Å². The van der Waals surface area contributed by atoms with E-state index in [4.69, 9.17) is 0 Å². The molecular weight excluding hydrogens is 783 g/mol. The molecule has 0 saturated carbocycles. The Kier molecular flexibility index (Phi) is 12.8.